The van der Waals surface area contributed by atoms with E-state index in [4.69, 9.17) is 5.11 Å². The number of rotatable bonds is 4. The molecule has 0 saturated heterocycles. The summed E-state index contributed by atoms with van der Waals surface area (Å²) in [6, 6.07) is 4.99. The van der Waals surface area contributed by atoms with Crippen molar-refractivity contribution in [2.24, 2.45) is 0 Å². The standard InChI is InChI=1S/C11H11BrINO3/c1-6(4-10(15)16)14-11(17)8-5-7(12)2-3-9(8)13/h2-3,5-6H,4H2,1H3,(H,14,17)(H,15,16). The third kappa shape index (κ3) is 4.63. The van der Waals surface area contributed by atoms with Crippen molar-refractivity contribution in [1.29, 1.82) is 0 Å². The average Bonchev–Trinajstić information content (AvgIpc) is 2.20. The molecule has 1 unspecified atom stereocenters. The van der Waals surface area contributed by atoms with E-state index in [1.54, 1.807) is 13.0 Å². The van der Waals surface area contributed by atoms with Gasteiger partial charge in [-0.25, -0.2) is 0 Å². The van der Waals surface area contributed by atoms with E-state index in [1.807, 2.05) is 12.1 Å². The summed E-state index contributed by atoms with van der Waals surface area (Å²) in [7, 11) is 0. The summed E-state index contributed by atoms with van der Waals surface area (Å²) in [5.41, 5.74) is 0.539. The van der Waals surface area contributed by atoms with E-state index in [0.29, 0.717) is 5.56 Å². The molecule has 0 spiro atoms. The zero-order valence-electron chi connectivity index (χ0n) is 9.04. The molecule has 0 aliphatic heterocycles. The third-order valence-corrected chi connectivity index (χ3v) is 3.47. The van der Waals surface area contributed by atoms with Gasteiger partial charge in [-0.1, -0.05) is 15.9 Å². The van der Waals surface area contributed by atoms with Gasteiger partial charge >= 0.3 is 5.97 Å². The molecule has 0 bridgehead atoms. The maximum atomic E-state index is 11.9. The molecule has 0 aromatic heterocycles. The number of nitrogens with one attached hydrogen (secondary N) is 1. The summed E-state index contributed by atoms with van der Waals surface area (Å²) in [4.78, 5) is 22.4. The average molecular weight is 412 g/mol. The number of hydrogen-bond acceptors (Lipinski definition) is 2. The zero-order chi connectivity index (χ0) is 13.0. The minimum Gasteiger partial charge on any atom is -0.481 e. The number of hydrogen-bond donors (Lipinski definition) is 2. The highest BCUT2D eigenvalue weighted by molar-refractivity contribution is 14.1. The zero-order valence-corrected chi connectivity index (χ0v) is 12.8. The fraction of sp³-hybridized carbons (Fsp3) is 0.273. The van der Waals surface area contributed by atoms with Gasteiger partial charge in [-0.3, -0.25) is 9.59 Å². The molecule has 1 aromatic carbocycles. The van der Waals surface area contributed by atoms with Crippen molar-refractivity contribution in [2.45, 2.75) is 19.4 Å². The van der Waals surface area contributed by atoms with E-state index < -0.39 is 12.0 Å². The summed E-state index contributed by atoms with van der Waals surface area (Å²) < 4.78 is 1.64. The lowest BCUT2D eigenvalue weighted by molar-refractivity contribution is -0.137. The van der Waals surface area contributed by atoms with Crippen LogP contribution in [-0.4, -0.2) is 23.0 Å². The second-order valence-electron chi connectivity index (χ2n) is 3.60. The molecule has 1 atom stereocenters. The van der Waals surface area contributed by atoms with Crippen molar-refractivity contribution < 1.29 is 14.7 Å². The predicted molar refractivity (Wildman–Crippen MR) is 76.0 cm³/mol. The second-order valence-corrected chi connectivity index (χ2v) is 5.67. The van der Waals surface area contributed by atoms with Crippen LogP contribution in [0, 0.1) is 3.57 Å². The summed E-state index contributed by atoms with van der Waals surface area (Å²) in [5.74, 6) is -1.19. The molecule has 0 aliphatic carbocycles. The number of halogens is 2. The fourth-order valence-electron chi connectivity index (χ4n) is 1.29. The van der Waals surface area contributed by atoms with Gasteiger partial charge in [0.05, 0.1) is 12.0 Å². The van der Waals surface area contributed by atoms with Gasteiger partial charge in [0.1, 0.15) is 0 Å². The quantitative estimate of drug-likeness (QED) is 0.748. The van der Waals surface area contributed by atoms with E-state index in [-0.39, 0.29) is 12.3 Å². The van der Waals surface area contributed by atoms with E-state index in [9.17, 15) is 9.59 Å². The Labute approximate surface area is 121 Å². The molecule has 0 saturated carbocycles. The Bertz CT molecular complexity index is 450. The number of carboxylic acid groups (broad SMARTS) is 1. The minimum atomic E-state index is -0.929. The fourth-order valence-corrected chi connectivity index (χ4v) is 2.23. The highest BCUT2D eigenvalue weighted by atomic mass is 127. The van der Waals surface area contributed by atoms with E-state index >= 15 is 0 Å². The van der Waals surface area contributed by atoms with E-state index in [2.05, 4.69) is 43.8 Å². The van der Waals surface area contributed by atoms with Gasteiger partial charge in [0.15, 0.2) is 0 Å². The van der Waals surface area contributed by atoms with Crippen molar-refractivity contribution in [1.82, 2.24) is 5.32 Å². The van der Waals surface area contributed by atoms with Crippen LogP contribution in [0.3, 0.4) is 0 Å². The van der Waals surface area contributed by atoms with Crippen LogP contribution in [0.15, 0.2) is 22.7 Å². The Balaban J connectivity index is 2.76. The number of carbonyl (C=O) groups excluding carboxylic acids is 1. The number of carbonyl (C=O) groups is 2. The van der Waals surface area contributed by atoms with Crippen LogP contribution >= 0.6 is 38.5 Å². The Kier molecular flexibility index (Phi) is 5.38. The lowest BCUT2D eigenvalue weighted by Crippen LogP contribution is -2.34. The molecule has 92 valence electrons. The lowest BCUT2D eigenvalue weighted by Gasteiger charge is -2.12. The van der Waals surface area contributed by atoms with Gasteiger partial charge in [0.25, 0.3) is 5.91 Å². The van der Waals surface area contributed by atoms with E-state index in [1.165, 1.54) is 0 Å². The summed E-state index contributed by atoms with van der Waals surface area (Å²) in [5, 5.41) is 11.3. The Morgan fingerprint density at radius 2 is 2.18 bits per heavy atom. The third-order valence-electron chi connectivity index (χ3n) is 2.03. The van der Waals surface area contributed by atoms with Gasteiger partial charge in [-0.05, 0) is 47.7 Å². The number of carboxylic acids is 1. The summed E-state index contributed by atoms with van der Waals surface area (Å²) >= 11 is 5.36. The van der Waals surface area contributed by atoms with Crippen molar-refractivity contribution in [3.8, 4) is 0 Å². The first-order chi connectivity index (χ1) is 7.90. The number of aliphatic carboxylic acids is 1. The highest BCUT2D eigenvalue weighted by Gasteiger charge is 2.14. The maximum Gasteiger partial charge on any atom is 0.305 e. The van der Waals surface area contributed by atoms with Crippen molar-refractivity contribution in [3.05, 3.63) is 31.8 Å². The van der Waals surface area contributed by atoms with E-state index in [0.717, 1.165) is 8.04 Å². The van der Waals surface area contributed by atoms with Gasteiger partial charge in [0.2, 0.25) is 0 Å². The van der Waals surface area contributed by atoms with Crippen LogP contribution in [-0.2, 0) is 4.79 Å². The summed E-state index contributed by atoms with van der Waals surface area (Å²) in [6.45, 7) is 1.66. The van der Waals surface area contributed by atoms with Gasteiger partial charge in [-0.2, -0.15) is 0 Å². The van der Waals surface area contributed by atoms with Crippen LogP contribution in [0.2, 0.25) is 0 Å². The normalized spacial score (nSPS) is 11.9. The van der Waals surface area contributed by atoms with Crippen LogP contribution in [0.1, 0.15) is 23.7 Å². The largest absolute Gasteiger partial charge is 0.481 e. The minimum absolute atomic E-state index is 0.0870. The van der Waals surface area contributed by atoms with Gasteiger partial charge < -0.3 is 10.4 Å². The Hall–Kier alpha value is -0.630. The monoisotopic (exact) mass is 411 g/mol. The summed E-state index contributed by atoms with van der Waals surface area (Å²) in [6.07, 6.45) is -0.0870. The van der Waals surface area contributed by atoms with Crippen LogP contribution in [0.4, 0.5) is 0 Å². The molecule has 0 radical (unpaired) electrons. The van der Waals surface area contributed by atoms with Crippen molar-refractivity contribution in [2.75, 3.05) is 0 Å². The maximum absolute atomic E-state index is 11.9. The second kappa shape index (κ2) is 6.34. The smallest absolute Gasteiger partial charge is 0.305 e. The molecule has 6 heteroatoms. The SMILES string of the molecule is CC(CC(=O)O)NC(=O)c1cc(Br)ccc1I. The Morgan fingerprint density at radius 1 is 1.53 bits per heavy atom. The molecule has 4 nitrogen and oxygen atoms in total. The van der Waals surface area contributed by atoms with Gasteiger partial charge in [-0.15, -0.1) is 0 Å². The Morgan fingerprint density at radius 3 is 2.76 bits per heavy atom. The van der Waals surface area contributed by atoms with Crippen LogP contribution in [0.25, 0.3) is 0 Å². The molecule has 0 aliphatic rings. The number of benzene rings is 1. The molecular formula is C11H11BrINO3. The molecular weight excluding hydrogens is 401 g/mol. The molecule has 0 heterocycles. The first-order valence-electron chi connectivity index (χ1n) is 4.88. The molecule has 1 rings (SSSR count). The first kappa shape index (κ1) is 14.4. The molecule has 1 amide bonds. The van der Waals surface area contributed by atoms with Crippen molar-refractivity contribution >= 4 is 50.4 Å². The molecule has 17 heavy (non-hydrogen) atoms. The highest BCUT2D eigenvalue weighted by Crippen LogP contribution is 2.18. The van der Waals surface area contributed by atoms with Crippen LogP contribution < -0.4 is 5.32 Å². The molecule has 1 aromatic rings. The number of amides is 1. The lowest BCUT2D eigenvalue weighted by atomic mass is 10.2. The predicted octanol–water partition coefficient (Wildman–Crippen LogP) is 2.65. The van der Waals surface area contributed by atoms with Crippen molar-refractivity contribution in [3.63, 3.8) is 0 Å². The first-order valence-corrected chi connectivity index (χ1v) is 6.75. The molecule has 0 fully saturated rings. The molecule has 2 N–H and O–H groups in total. The van der Waals surface area contributed by atoms with Gasteiger partial charge in [0, 0.05) is 14.1 Å². The topological polar surface area (TPSA) is 66.4 Å². The van der Waals surface area contributed by atoms with Crippen LogP contribution in [0.5, 0.6) is 0 Å².